The van der Waals surface area contributed by atoms with Gasteiger partial charge in [0, 0.05) is 16.1 Å². The van der Waals surface area contributed by atoms with Crippen LogP contribution < -0.4 is 5.32 Å². The van der Waals surface area contributed by atoms with E-state index in [2.05, 4.69) is 20.6 Å². The summed E-state index contributed by atoms with van der Waals surface area (Å²) in [6.45, 7) is 1.85. The van der Waals surface area contributed by atoms with Crippen molar-refractivity contribution in [3.63, 3.8) is 0 Å². The topological polar surface area (TPSA) is 75.6 Å². The van der Waals surface area contributed by atoms with E-state index in [1.165, 1.54) is 0 Å². The lowest BCUT2D eigenvalue weighted by Gasteiger charge is -2.07. The number of hydrogen-bond acceptors (Lipinski definition) is 3. The molecule has 2 aromatic carbocycles. The molecule has 4 aromatic rings. The standard InChI is InChI=1S/C18H14ClN5O/c1-11-16(10-21-24(11)15-4-2-3-13(19)8-15)18(25)22-14-5-6-17-12(7-14)9-20-23-17/h2-10H,1H3,(H,20,23)(H,22,25). The van der Waals surface area contributed by atoms with E-state index in [0.717, 1.165) is 22.3 Å². The lowest BCUT2D eigenvalue weighted by molar-refractivity contribution is 0.102. The van der Waals surface area contributed by atoms with Crippen LogP contribution in [0.4, 0.5) is 5.69 Å². The molecule has 0 radical (unpaired) electrons. The van der Waals surface area contributed by atoms with Gasteiger partial charge in [-0.25, -0.2) is 4.68 Å². The van der Waals surface area contributed by atoms with Crippen molar-refractivity contribution in [1.29, 1.82) is 0 Å². The molecule has 7 heteroatoms. The molecule has 0 fully saturated rings. The molecule has 0 bridgehead atoms. The summed E-state index contributed by atoms with van der Waals surface area (Å²) in [6.07, 6.45) is 3.27. The van der Waals surface area contributed by atoms with Crippen LogP contribution in [0.3, 0.4) is 0 Å². The molecule has 0 spiro atoms. The van der Waals surface area contributed by atoms with Gasteiger partial charge in [-0.3, -0.25) is 9.89 Å². The molecule has 4 rings (SSSR count). The molecule has 2 N–H and O–H groups in total. The number of aromatic nitrogens is 4. The average molecular weight is 352 g/mol. The SMILES string of the molecule is Cc1c(C(=O)Nc2ccc3[nH]ncc3c2)cnn1-c1cccc(Cl)c1. The molecular weight excluding hydrogens is 338 g/mol. The number of benzene rings is 2. The van der Waals surface area contributed by atoms with Gasteiger partial charge in [0.15, 0.2) is 0 Å². The first-order valence-electron chi connectivity index (χ1n) is 7.67. The fraction of sp³-hybridized carbons (Fsp3) is 0.0556. The highest BCUT2D eigenvalue weighted by Gasteiger charge is 2.15. The van der Waals surface area contributed by atoms with Gasteiger partial charge in [-0.1, -0.05) is 17.7 Å². The molecule has 2 heterocycles. The number of nitrogens with one attached hydrogen (secondary N) is 2. The third kappa shape index (κ3) is 2.88. The number of fused-ring (bicyclic) bond motifs is 1. The fourth-order valence-corrected chi connectivity index (χ4v) is 2.90. The summed E-state index contributed by atoms with van der Waals surface area (Å²) >= 11 is 6.03. The first kappa shape index (κ1) is 15.4. The van der Waals surface area contributed by atoms with Crippen molar-refractivity contribution in [2.75, 3.05) is 5.32 Å². The molecule has 0 unspecified atom stereocenters. The molecule has 6 nitrogen and oxygen atoms in total. The maximum absolute atomic E-state index is 12.6. The first-order valence-corrected chi connectivity index (χ1v) is 8.05. The summed E-state index contributed by atoms with van der Waals surface area (Å²) in [5, 5.41) is 15.6. The van der Waals surface area contributed by atoms with Gasteiger partial charge >= 0.3 is 0 Å². The number of hydrogen-bond donors (Lipinski definition) is 2. The van der Waals surface area contributed by atoms with Crippen molar-refractivity contribution in [2.24, 2.45) is 0 Å². The van der Waals surface area contributed by atoms with Crippen LogP contribution >= 0.6 is 11.6 Å². The van der Waals surface area contributed by atoms with Crippen molar-refractivity contribution in [2.45, 2.75) is 6.92 Å². The monoisotopic (exact) mass is 351 g/mol. The van der Waals surface area contributed by atoms with Gasteiger partial charge in [-0.05, 0) is 43.3 Å². The van der Waals surface area contributed by atoms with Gasteiger partial charge in [0.1, 0.15) is 0 Å². The molecule has 25 heavy (non-hydrogen) atoms. The number of nitrogens with zero attached hydrogens (tertiary/aromatic N) is 3. The third-order valence-corrected chi connectivity index (χ3v) is 4.24. The summed E-state index contributed by atoms with van der Waals surface area (Å²) in [6, 6.07) is 12.9. The van der Waals surface area contributed by atoms with Crippen molar-refractivity contribution >= 4 is 34.1 Å². The number of rotatable bonds is 3. The summed E-state index contributed by atoms with van der Waals surface area (Å²) in [4.78, 5) is 12.6. The predicted octanol–water partition coefficient (Wildman–Crippen LogP) is 3.96. The van der Waals surface area contributed by atoms with Gasteiger partial charge in [0.25, 0.3) is 5.91 Å². The van der Waals surface area contributed by atoms with E-state index in [4.69, 9.17) is 11.6 Å². The summed E-state index contributed by atoms with van der Waals surface area (Å²) in [7, 11) is 0. The summed E-state index contributed by atoms with van der Waals surface area (Å²) in [5.74, 6) is -0.214. The van der Waals surface area contributed by atoms with E-state index in [0.29, 0.717) is 16.3 Å². The van der Waals surface area contributed by atoms with E-state index in [1.54, 1.807) is 29.2 Å². The maximum Gasteiger partial charge on any atom is 0.259 e. The molecule has 0 aliphatic rings. The first-order chi connectivity index (χ1) is 12.1. The number of halogens is 1. The minimum atomic E-state index is -0.214. The number of anilines is 1. The van der Waals surface area contributed by atoms with Crippen molar-refractivity contribution in [1.82, 2.24) is 20.0 Å². The van der Waals surface area contributed by atoms with Gasteiger partial charge in [-0.2, -0.15) is 10.2 Å². The number of carbonyl (C=O) groups is 1. The zero-order valence-corrected chi connectivity index (χ0v) is 14.1. The highest BCUT2D eigenvalue weighted by molar-refractivity contribution is 6.30. The Balaban J connectivity index is 1.62. The Morgan fingerprint density at radius 3 is 2.92 bits per heavy atom. The second kappa shape index (κ2) is 6.07. The Bertz CT molecular complexity index is 1080. The summed E-state index contributed by atoms with van der Waals surface area (Å²) in [5.41, 5.74) is 3.68. The third-order valence-electron chi connectivity index (χ3n) is 4.01. The highest BCUT2D eigenvalue weighted by Crippen LogP contribution is 2.20. The lowest BCUT2D eigenvalue weighted by atomic mass is 10.2. The lowest BCUT2D eigenvalue weighted by Crippen LogP contribution is -2.13. The van der Waals surface area contributed by atoms with Gasteiger partial charge in [-0.15, -0.1) is 0 Å². The minimum absolute atomic E-state index is 0.214. The van der Waals surface area contributed by atoms with Crippen molar-refractivity contribution < 1.29 is 4.79 Å². The number of carbonyl (C=O) groups excluding carboxylic acids is 1. The number of H-pyrrole nitrogens is 1. The Kier molecular flexibility index (Phi) is 3.74. The van der Waals surface area contributed by atoms with Crippen LogP contribution in [0.1, 0.15) is 16.1 Å². The van der Waals surface area contributed by atoms with E-state index < -0.39 is 0 Å². The van der Waals surface area contributed by atoms with Crippen LogP contribution in [-0.4, -0.2) is 25.9 Å². The molecule has 0 saturated carbocycles. The van der Waals surface area contributed by atoms with Crippen LogP contribution in [0.15, 0.2) is 54.9 Å². The van der Waals surface area contributed by atoms with E-state index in [9.17, 15) is 4.79 Å². The van der Waals surface area contributed by atoms with Crippen LogP contribution in [-0.2, 0) is 0 Å². The Morgan fingerprint density at radius 2 is 2.08 bits per heavy atom. The molecule has 0 aliphatic carbocycles. The molecule has 0 saturated heterocycles. The highest BCUT2D eigenvalue weighted by atomic mass is 35.5. The van der Waals surface area contributed by atoms with Crippen molar-refractivity contribution in [3.05, 3.63) is 71.1 Å². The Morgan fingerprint density at radius 1 is 1.20 bits per heavy atom. The second-order valence-electron chi connectivity index (χ2n) is 5.66. The zero-order chi connectivity index (χ0) is 17.4. The van der Waals surface area contributed by atoms with Crippen LogP contribution in [0.5, 0.6) is 0 Å². The van der Waals surface area contributed by atoms with Gasteiger partial charge in [0.05, 0.1) is 34.9 Å². The van der Waals surface area contributed by atoms with Gasteiger partial charge in [0.2, 0.25) is 0 Å². The van der Waals surface area contributed by atoms with Crippen LogP contribution in [0.25, 0.3) is 16.6 Å². The Labute approximate surface area is 148 Å². The molecule has 124 valence electrons. The number of aromatic amines is 1. The minimum Gasteiger partial charge on any atom is -0.322 e. The smallest absolute Gasteiger partial charge is 0.259 e. The number of amides is 1. The molecule has 2 aromatic heterocycles. The molecule has 0 atom stereocenters. The van der Waals surface area contributed by atoms with E-state index >= 15 is 0 Å². The zero-order valence-electron chi connectivity index (χ0n) is 13.3. The summed E-state index contributed by atoms with van der Waals surface area (Å²) < 4.78 is 1.69. The maximum atomic E-state index is 12.6. The normalized spacial score (nSPS) is 11.0. The van der Waals surface area contributed by atoms with Crippen LogP contribution in [0.2, 0.25) is 5.02 Å². The quantitative estimate of drug-likeness (QED) is 0.586. The average Bonchev–Trinajstić information content (AvgIpc) is 3.20. The predicted molar refractivity (Wildman–Crippen MR) is 97.4 cm³/mol. The van der Waals surface area contributed by atoms with Crippen molar-refractivity contribution in [3.8, 4) is 5.69 Å². The second-order valence-corrected chi connectivity index (χ2v) is 6.10. The van der Waals surface area contributed by atoms with Crippen LogP contribution in [0, 0.1) is 6.92 Å². The molecule has 0 aliphatic heterocycles. The van der Waals surface area contributed by atoms with E-state index in [1.807, 2.05) is 37.3 Å². The Hall–Kier alpha value is -3.12. The fourth-order valence-electron chi connectivity index (χ4n) is 2.72. The largest absolute Gasteiger partial charge is 0.322 e. The molecule has 1 amide bonds. The van der Waals surface area contributed by atoms with Gasteiger partial charge < -0.3 is 5.32 Å². The van der Waals surface area contributed by atoms with E-state index in [-0.39, 0.29) is 5.91 Å². The molecular formula is C18H14ClN5O.